The van der Waals surface area contributed by atoms with Crippen molar-refractivity contribution in [2.75, 3.05) is 19.5 Å². The van der Waals surface area contributed by atoms with Gasteiger partial charge >= 0.3 is 0 Å². The first-order chi connectivity index (χ1) is 16.6. The van der Waals surface area contributed by atoms with Crippen molar-refractivity contribution in [3.05, 3.63) is 94.3 Å². The predicted octanol–water partition coefficient (Wildman–Crippen LogP) is 3.99. The normalized spacial score (nSPS) is 11.7. The van der Waals surface area contributed by atoms with E-state index in [0.717, 1.165) is 5.56 Å². The van der Waals surface area contributed by atoms with Crippen LogP contribution in [0.15, 0.2) is 77.6 Å². The Bertz CT molecular complexity index is 1420. The molecule has 0 spiro atoms. The summed E-state index contributed by atoms with van der Waals surface area (Å²) in [5.41, 5.74) is 2.42. The van der Waals surface area contributed by atoms with Gasteiger partial charge in [0.2, 0.25) is 11.8 Å². The maximum atomic E-state index is 13.4. The molecule has 1 aliphatic heterocycles. The number of anilines is 1. The van der Waals surface area contributed by atoms with Crippen molar-refractivity contribution in [3.63, 3.8) is 0 Å². The fourth-order valence-corrected chi connectivity index (χ4v) is 4.10. The van der Waals surface area contributed by atoms with Crippen LogP contribution in [0.4, 0.5) is 5.69 Å². The van der Waals surface area contributed by atoms with E-state index in [9.17, 15) is 9.59 Å². The fraction of sp³-hybridized carbons (Fsp3) is 0.154. The molecule has 0 saturated heterocycles. The number of carbonyl (C=O) groups excluding carboxylic acids is 1. The molecule has 0 fully saturated rings. The molecular formula is C26H23N3O5. The van der Waals surface area contributed by atoms with Gasteiger partial charge in [-0.1, -0.05) is 36.4 Å². The minimum atomic E-state index is -0.322. The maximum absolute atomic E-state index is 13.4. The van der Waals surface area contributed by atoms with Gasteiger partial charge in [-0.15, -0.1) is 0 Å². The minimum absolute atomic E-state index is 0.129. The summed E-state index contributed by atoms with van der Waals surface area (Å²) in [5.74, 6) is 1.78. The van der Waals surface area contributed by atoms with Crippen molar-refractivity contribution in [1.82, 2.24) is 9.36 Å². The van der Waals surface area contributed by atoms with Crippen LogP contribution in [0.25, 0.3) is 5.69 Å². The molecule has 0 radical (unpaired) electrons. The molecule has 0 bridgehead atoms. The Hall–Kier alpha value is -4.46. The summed E-state index contributed by atoms with van der Waals surface area (Å²) < 4.78 is 19.8. The number of rotatable bonds is 6. The van der Waals surface area contributed by atoms with E-state index in [-0.39, 0.29) is 18.0 Å². The van der Waals surface area contributed by atoms with Gasteiger partial charge in [-0.2, -0.15) is 0 Å². The number of carbonyl (C=O) groups is 1. The molecule has 0 unspecified atom stereocenters. The Balaban J connectivity index is 1.52. The first-order valence-corrected chi connectivity index (χ1v) is 10.8. The zero-order valence-electron chi connectivity index (χ0n) is 18.8. The van der Waals surface area contributed by atoms with Crippen molar-refractivity contribution < 1.29 is 19.0 Å². The van der Waals surface area contributed by atoms with Crippen LogP contribution < -0.4 is 25.1 Å². The number of nitrogens with one attached hydrogen (secondary N) is 1. The number of hydrogen-bond acceptors (Lipinski definition) is 5. The standard InChI is InChI=1S/C26H23N3O5/c1-32-22-13-12-18(15-23(22)33-2)27-24(30)16-28-26-20(14-17-8-6-7-11-21(17)34-26)25(31)29(28)19-9-4-3-5-10-19/h3-13,15H,14,16H2,1-2H3,(H,27,30). The minimum Gasteiger partial charge on any atom is -0.493 e. The Morgan fingerprint density at radius 2 is 1.71 bits per heavy atom. The lowest BCUT2D eigenvalue weighted by Crippen LogP contribution is -2.27. The molecule has 1 amide bonds. The molecule has 34 heavy (non-hydrogen) atoms. The van der Waals surface area contributed by atoms with Crippen LogP contribution in [0, 0.1) is 0 Å². The summed E-state index contributed by atoms with van der Waals surface area (Å²) in [6, 6.07) is 21.9. The summed E-state index contributed by atoms with van der Waals surface area (Å²) in [5, 5.41) is 2.86. The highest BCUT2D eigenvalue weighted by molar-refractivity contribution is 5.91. The summed E-state index contributed by atoms with van der Waals surface area (Å²) in [7, 11) is 3.08. The number of aromatic nitrogens is 2. The Morgan fingerprint density at radius 1 is 0.971 bits per heavy atom. The summed E-state index contributed by atoms with van der Waals surface area (Å²) in [6.07, 6.45) is 0.432. The number of benzene rings is 3. The highest BCUT2D eigenvalue weighted by atomic mass is 16.5. The zero-order valence-corrected chi connectivity index (χ0v) is 18.8. The van der Waals surface area contributed by atoms with E-state index < -0.39 is 0 Å². The second-order valence-electron chi connectivity index (χ2n) is 7.80. The Morgan fingerprint density at radius 3 is 2.47 bits per heavy atom. The van der Waals surface area contributed by atoms with E-state index in [4.69, 9.17) is 14.2 Å². The molecule has 1 N–H and O–H groups in total. The zero-order chi connectivity index (χ0) is 23.7. The SMILES string of the molecule is COc1ccc(NC(=O)Cn2c3c(c(=O)n2-c2ccccc2)Cc2ccccc2O3)cc1OC. The smallest absolute Gasteiger partial charge is 0.278 e. The third-order valence-corrected chi connectivity index (χ3v) is 5.69. The lowest BCUT2D eigenvalue weighted by Gasteiger charge is -2.19. The molecule has 3 aromatic carbocycles. The Labute approximate surface area is 195 Å². The summed E-state index contributed by atoms with van der Waals surface area (Å²) in [4.78, 5) is 26.5. The van der Waals surface area contributed by atoms with Gasteiger partial charge < -0.3 is 19.5 Å². The molecule has 8 nitrogen and oxygen atoms in total. The van der Waals surface area contributed by atoms with Crippen LogP contribution >= 0.6 is 0 Å². The quantitative estimate of drug-likeness (QED) is 0.417. The monoisotopic (exact) mass is 457 g/mol. The molecule has 4 aromatic rings. The van der Waals surface area contributed by atoms with Gasteiger partial charge in [0.15, 0.2) is 11.5 Å². The Kier molecular flexibility index (Phi) is 5.55. The number of ether oxygens (including phenoxy) is 3. The van der Waals surface area contributed by atoms with Crippen molar-refractivity contribution in [2.24, 2.45) is 0 Å². The van der Waals surface area contributed by atoms with E-state index >= 15 is 0 Å². The van der Waals surface area contributed by atoms with Crippen LogP contribution in [0.3, 0.4) is 0 Å². The largest absolute Gasteiger partial charge is 0.493 e. The van der Waals surface area contributed by atoms with Crippen LogP contribution in [-0.4, -0.2) is 29.5 Å². The topological polar surface area (TPSA) is 83.7 Å². The van der Waals surface area contributed by atoms with E-state index in [0.29, 0.717) is 46.5 Å². The molecule has 1 aliphatic rings. The molecule has 0 atom stereocenters. The van der Waals surface area contributed by atoms with Crippen LogP contribution in [0.2, 0.25) is 0 Å². The van der Waals surface area contributed by atoms with E-state index in [2.05, 4.69) is 5.32 Å². The van der Waals surface area contributed by atoms with E-state index in [1.165, 1.54) is 11.8 Å². The molecule has 172 valence electrons. The molecule has 1 aromatic heterocycles. The van der Waals surface area contributed by atoms with Gasteiger partial charge in [0, 0.05) is 18.2 Å². The highest BCUT2D eigenvalue weighted by Gasteiger charge is 2.29. The van der Waals surface area contributed by atoms with Gasteiger partial charge in [-0.3, -0.25) is 9.59 Å². The van der Waals surface area contributed by atoms with Gasteiger partial charge in [-0.05, 0) is 35.9 Å². The number of nitrogens with zero attached hydrogens (tertiary/aromatic N) is 2. The van der Waals surface area contributed by atoms with Crippen molar-refractivity contribution >= 4 is 11.6 Å². The number of para-hydroxylation sites is 2. The van der Waals surface area contributed by atoms with Crippen molar-refractivity contribution in [1.29, 1.82) is 0 Å². The number of amides is 1. The predicted molar refractivity (Wildman–Crippen MR) is 128 cm³/mol. The van der Waals surface area contributed by atoms with Crippen LogP contribution in [-0.2, 0) is 17.8 Å². The maximum Gasteiger partial charge on any atom is 0.278 e. The summed E-state index contributed by atoms with van der Waals surface area (Å²) in [6.45, 7) is -0.129. The van der Waals surface area contributed by atoms with Crippen LogP contribution in [0.5, 0.6) is 23.1 Å². The molecule has 5 rings (SSSR count). The molecule has 2 heterocycles. The summed E-state index contributed by atoms with van der Waals surface area (Å²) >= 11 is 0. The number of methoxy groups -OCH3 is 2. The van der Waals surface area contributed by atoms with Gasteiger partial charge in [0.05, 0.1) is 25.5 Å². The number of hydrogen-bond donors (Lipinski definition) is 1. The molecule has 0 aliphatic carbocycles. The first kappa shape index (κ1) is 21.4. The third-order valence-electron chi connectivity index (χ3n) is 5.69. The first-order valence-electron chi connectivity index (χ1n) is 10.8. The van der Waals surface area contributed by atoms with Crippen molar-refractivity contribution in [3.8, 4) is 28.8 Å². The van der Waals surface area contributed by atoms with Gasteiger partial charge in [0.25, 0.3) is 5.56 Å². The second kappa shape index (κ2) is 8.82. The third kappa shape index (κ3) is 3.79. The molecule has 8 heteroatoms. The highest BCUT2D eigenvalue weighted by Crippen LogP contribution is 2.36. The lowest BCUT2D eigenvalue weighted by molar-refractivity contribution is -0.117. The van der Waals surface area contributed by atoms with Crippen LogP contribution in [0.1, 0.15) is 11.1 Å². The van der Waals surface area contributed by atoms with E-state index in [1.54, 1.807) is 30.0 Å². The average molecular weight is 457 g/mol. The fourth-order valence-electron chi connectivity index (χ4n) is 4.10. The molecule has 0 saturated carbocycles. The second-order valence-corrected chi connectivity index (χ2v) is 7.80. The van der Waals surface area contributed by atoms with E-state index in [1.807, 2.05) is 54.6 Å². The molecular weight excluding hydrogens is 434 g/mol. The average Bonchev–Trinajstić information content (AvgIpc) is 3.13. The lowest BCUT2D eigenvalue weighted by atomic mass is 10.0. The van der Waals surface area contributed by atoms with Gasteiger partial charge in [-0.25, -0.2) is 9.36 Å². The number of fused-ring (bicyclic) bond motifs is 2. The van der Waals surface area contributed by atoms with Gasteiger partial charge in [0.1, 0.15) is 12.3 Å². The van der Waals surface area contributed by atoms with Crippen molar-refractivity contribution in [2.45, 2.75) is 13.0 Å².